The molecule has 17 heavy (non-hydrogen) atoms. The van der Waals surface area contributed by atoms with Gasteiger partial charge >= 0.3 is 0 Å². The molecule has 2 nitrogen and oxygen atoms in total. The zero-order valence-corrected chi connectivity index (χ0v) is 10.7. The number of hydrogen-bond acceptors (Lipinski definition) is 2. The van der Waals surface area contributed by atoms with E-state index in [0.29, 0.717) is 0 Å². The molecular weight excluding hydrogens is 208 g/mol. The summed E-state index contributed by atoms with van der Waals surface area (Å²) in [6.45, 7) is 5.85. The molecule has 1 saturated heterocycles. The van der Waals surface area contributed by atoms with Crippen molar-refractivity contribution in [3.8, 4) is 0 Å². The Bertz CT molecular complexity index is 376. The van der Waals surface area contributed by atoms with E-state index in [9.17, 15) is 0 Å². The summed E-state index contributed by atoms with van der Waals surface area (Å²) in [7, 11) is 0. The number of rotatable bonds is 2. The summed E-state index contributed by atoms with van der Waals surface area (Å²) in [5.74, 6) is 1.94. The maximum atomic E-state index is 4.39. The topological polar surface area (TPSA) is 16.1 Å². The van der Waals surface area contributed by atoms with E-state index in [1.807, 2.05) is 6.20 Å². The zero-order chi connectivity index (χ0) is 11.7. The molecule has 1 aromatic rings. The second kappa shape index (κ2) is 4.77. The number of hydrogen-bond donors (Lipinski definition) is 0. The lowest BCUT2D eigenvalue weighted by molar-refractivity contribution is 0.0806. The highest BCUT2D eigenvalue weighted by Crippen LogP contribution is 2.34. The van der Waals surface area contributed by atoms with Gasteiger partial charge in [-0.2, -0.15) is 0 Å². The van der Waals surface area contributed by atoms with Gasteiger partial charge in [-0.05, 0) is 49.7 Å². The molecule has 1 saturated carbocycles. The summed E-state index contributed by atoms with van der Waals surface area (Å²) in [5, 5.41) is 0. The van der Waals surface area contributed by atoms with Crippen molar-refractivity contribution in [2.24, 2.45) is 11.8 Å². The molecule has 0 amide bonds. The minimum absolute atomic E-state index is 0.972. The van der Waals surface area contributed by atoms with E-state index in [2.05, 4.69) is 28.9 Å². The van der Waals surface area contributed by atoms with E-state index >= 15 is 0 Å². The lowest BCUT2D eigenvalue weighted by Crippen LogP contribution is -2.42. The lowest BCUT2D eigenvalue weighted by atomic mass is 9.78. The van der Waals surface area contributed by atoms with Crippen LogP contribution in [0.25, 0.3) is 0 Å². The van der Waals surface area contributed by atoms with Gasteiger partial charge in [0.1, 0.15) is 0 Å². The third-order valence-corrected chi connectivity index (χ3v) is 4.43. The van der Waals surface area contributed by atoms with Gasteiger partial charge in [0.2, 0.25) is 0 Å². The minimum atomic E-state index is 0.972. The van der Waals surface area contributed by atoms with Crippen molar-refractivity contribution < 1.29 is 0 Å². The SMILES string of the molecule is Cc1ncccc1CN1C[C@H]2CCC[C@@H](C2)C1. The van der Waals surface area contributed by atoms with Gasteiger partial charge in [-0.15, -0.1) is 0 Å². The average molecular weight is 230 g/mol. The Labute approximate surface area is 104 Å². The van der Waals surface area contributed by atoms with Gasteiger partial charge in [0, 0.05) is 31.5 Å². The van der Waals surface area contributed by atoms with E-state index in [4.69, 9.17) is 0 Å². The summed E-state index contributed by atoms with van der Waals surface area (Å²) in [5.41, 5.74) is 2.61. The molecule has 2 fully saturated rings. The Morgan fingerprint density at radius 1 is 1.29 bits per heavy atom. The standard InChI is InChI=1S/C15H22N2/c1-12-15(6-3-7-16-12)11-17-9-13-4-2-5-14(8-13)10-17/h3,6-7,13-14H,2,4-5,8-11H2,1H3/t13-,14-/m0/s1. The van der Waals surface area contributed by atoms with Crippen LogP contribution in [0.3, 0.4) is 0 Å². The van der Waals surface area contributed by atoms with Crippen LogP contribution in [0.1, 0.15) is 36.9 Å². The van der Waals surface area contributed by atoms with E-state index in [1.54, 1.807) is 0 Å². The molecule has 2 heterocycles. The Balaban J connectivity index is 1.68. The third-order valence-electron chi connectivity index (χ3n) is 4.43. The van der Waals surface area contributed by atoms with Gasteiger partial charge in [0.05, 0.1) is 0 Å². The average Bonchev–Trinajstić information content (AvgIpc) is 2.32. The third kappa shape index (κ3) is 2.52. The molecule has 2 heteroatoms. The maximum absolute atomic E-state index is 4.39. The normalized spacial score (nSPS) is 29.2. The molecule has 2 atom stereocenters. The van der Waals surface area contributed by atoms with Crippen molar-refractivity contribution in [2.45, 2.75) is 39.2 Å². The van der Waals surface area contributed by atoms with E-state index in [-0.39, 0.29) is 0 Å². The Morgan fingerprint density at radius 3 is 2.76 bits per heavy atom. The molecule has 0 aromatic carbocycles. The van der Waals surface area contributed by atoms with Crippen LogP contribution in [0, 0.1) is 18.8 Å². The van der Waals surface area contributed by atoms with Crippen molar-refractivity contribution in [1.82, 2.24) is 9.88 Å². The van der Waals surface area contributed by atoms with Crippen LogP contribution in [-0.4, -0.2) is 23.0 Å². The fraction of sp³-hybridized carbons (Fsp3) is 0.667. The molecule has 0 N–H and O–H groups in total. The van der Waals surface area contributed by atoms with Crippen molar-refractivity contribution >= 4 is 0 Å². The maximum Gasteiger partial charge on any atom is 0.0417 e. The Kier molecular flexibility index (Phi) is 3.15. The predicted octanol–water partition coefficient (Wildman–Crippen LogP) is 3.01. The summed E-state index contributed by atoms with van der Waals surface area (Å²) in [6.07, 6.45) is 7.76. The first-order valence-corrected chi connectivity index (χ1v) is 6.94. The minimum Gasteiger partial charge on any atom is -0.298 e. The molecule has 3 rings (SSSR count). The quantitative estimate of drug-likeness (QED) is 0.776. The van der Waals surface area contributed by atoms with Gasteiger partial charge < -0.3 is 0 Å². The largest absolute Gasteiger partial charge is 0.298 e. The van der Waals surface area contributed by atoms with E-state index in [1.165, 1.54) is 50.0 Å². The van der Waals surface area contributed by atoms with Crippen LogP contribution in [0.2, 0.25) is 0 Å². The molecule has 92 valence electrons. The van der Waals surface area contributed by atoms with Crippen LogP contribution in [0.4, 0.5) is 0 Å². The highest BCUT2D eigenvalue weighted by molar-refractivity contribution is 5.18. The fourth-order valence-electron chi connectivity index (χ4n) is 3.59. The molecule has 0 radical (unpaired) electrons. The number of pyridine rings is 1. The monoisotopic (exact) mass is 230 g/mol. The number of nitrogens with zero attached hydrogens (tertiary/aromatic N) is 2. The number of likely N-dealkylation sites (tertiary alicyclic amines) is 1. The lowest BCUT2D eigenvalue weighted by Gasteiger charge is -2.41. The van der Waals surface area contributed by atoms with Gasteiger partial charge in [-0.1, -0.05) is 12.5 Å². The molecule has 2 bridgehead atoms. The molecule has 0 unspecified atom stereocenters. The zero-order valence-electron chi connectivity index (χ0n) is 10.7. The second-order valence-electron chi connectivity index (χ2n) is 5.84. The van der Waals surface area contributed by atoms with Gasteiger partial charge in [-0.25, -0.2) is 0 Å². The Morgan fingerprint density at radius 2 is 2.06 bits per heavy atom. The van der Waals surface area contributed by atoms with Crippen molar-refractivity contribution in [2.75, 3.05) is 13.1 Å². The second-order valence-corrected chi connectivity index (χ2v) is 5.84. The van der Waals surface area contributed by atoms with Gasteiger partial charge in [-0.3, -0.25) is 9.88 Å². The first-order valence-electron chi connectivity index (χ1n) is 6.94. The van der Waals surface area contributed by atoms with Crippen LogP contribution in [0.15, 0.2) is 18.3 Å². The molecule has 1 aliphatic heterocycles. The molecule has 1 aliphatic carbocycles. The number of aryl methyl sites for hydroxylation is 1. The summed E-state index contributed by atoms with van der Waals surface area (Å²) < 4.78 is 0. The van der Waals surface area contributed by atoms with Crippen LogP contribution in [0.5, 0.6) is 0 Å². The number of piperidine rings is 1. The van der Waals surface area contributed by atoms with Crippen molar-refractivity contribution in [3.63, 3.8) is 0 Å². The highest BCUT2D eigenvalue weighted by atomic mass is 15.1. The molecule has 1 aromatic heterocycles. The highest BCUT2D eigenvalue weighted by Gasteiger charge is 2.30. The van der Waals surface area contributed by atoms with Crippen LogP contribution in [-0.2, 0) is 6.54 Å². The molecular formula is C15H22N2. The van der Waals surface area contributed by atoms with E-state index in [0.717, 1.165) is 18.4 Å². The number of fused-ring (bicyclic) bond motifs is 2. The summed E-state index contributed by atoms with van der Waals surface area (Å²) in [6, 6.07) is 4.29. The molecule has 0 spiro atoms. The van der Waals surface area contributed by atoms with Gasteiger partial charge in [0.15, 0.2) is 0 Å². The number of aromatic nitrogens is 1. The van der Waals surface area contributed by atoms with E-state index < -0.39 is 0 Å². The molecule has 2 aliphatic rings. The first-order chi connectivity index (χ1) is 8.31. The van der Waals surface area contributed by atoms with Gasteiger partial charge in [0.25, 0.3) is 0 Å². The predicted molar refractivity (Wildman–Crippen MR) is 69.7 cm³/mol. The first kappa shape index (κ1) is 11.2. The van der Waals surface area contributed by atoms with Crippen molar-refractivity contribution in [1.29, 1.82) is 0 Å². The van der Waals surface area contributed by atoms with Crippen LogP contribution >= 0.6 is 0 Å². The smallest absolute Gasteiger partial charge is 0.0417 e. The summed E-state index contributed by atoms with van der Waals surface area (Å²) in [4.78, 5) is 7.04. The Hall–Kier alpha value is -0.890. The van der Waals surface area contributed by atoms with Crippen molar-refractivity contribution in [3.05, 3.63) is 29.6 Å². The fourth-order valence-corrected chi connectivity index (χ4v) is 3.59. The summed E-state index contributed by atoms with van der Waals surface area (Å²) >= 11 is 0. The van der Waals surface area contributed by atoms with Crippen LogP contribution < -0.4 is 0 Å².